The highest BCUT2D eigenvalue weighted by Crippen LogP contribution is 2.18. The van der Waals surface area contributed by atoms with Crippen LogP contribution in [0.25, 0.3) is 0 Å². The van der Waals surface area contributed by atoms with Crippen molar-refractivity contribution in [3.05, 3.63) is 71.0 Å². The van der Waals surface area contributed by atoms with E-state index in [1.165, 1.54) is 6.07 Å². The molecule has 0 saturated carbocycles. The van der Waals surface area contributed by atoms with Crippen LogP contribution in [0.15, 0.2) is 53.5 Å². The summed E-state index contributed by atoms with van der Waals surface area (Å²) in [6.07, 6.45) is 0. The number of aliphatic imine (C=N–C) groups is 1. The van der Waals surface area contributed by atoms with E-state index in [0.717, 1.165) is 11.1 Å². The Bertz CT molecular complexity index is 720. The Kier molecular flexibility index (Phi) is 9.01. The van der Waals surface area contributed by atoms with E-state index in [4.69, 9.17) is 0 Å². The van der Waals surface area contributed by atoms with Crippen molar-refractivity contribution >= 4 is 29.9 Å². The number of nitrogens with zero attached hydrogens (tertiary/aromatic N) is 1. The minimum Gasteiger partial charge on any atom is -0.384 e. The standard InChI is InChI=1S/C20H26FN3O.HI/c1-4-22-19(23-13-16-11-10-15(2)18(21)12-16)24-14-20(3,25)17-8-6-5-7-9-17;/h5-12,25H,4,13-14H2,1-3H3,(H2,22,23,24);1H. The lowest BCUT2D eigenvalue weighted by molar-refractivity contribution is 0.0617. The second kappa shape index (κ2) is 10.5. The summed E-state index contributed by atoms with van der Waals surface area (Å²) in [6, 6.07) is 14.6. The van der Waals surface area contributed by atoms with Crippen molar-refractivity contribution in [2.45, 2.75) is 32.9 Å². The van der Waals surface area contributed by atoms with E-state index >= 15 is 0 Å². The van der Waals surface area contributed by atoms with Gasteiger partial charge in [0, 0.05) is 6.54 Å². The average Bonchev–Trinajstić information content (AvgIpc) is 2.61. The summed E-state index contributed by atoms with van der Waals surface area (Å²) in [5, 5.41) is 16.9. The normalized spacial score (nSPS) is 13.5. The van der Waals surface area contributed by atoms with Crippen molar-refractivity contribution in [2.24, 2.45) is 4.99 Å². The lowest BCUT2D eigenvalue weighted by Crippen LogP contribution is -2.44. The molecule has 3 N–H and O–H groups in total. The molecular formula is C20H27FIN3O. The molecule has 26 heavy (non-hydrogen) atoms. The molecule has 1 unspecified atom stereocenters. The third kappa shape index (κ3) is 6.57. The Morgan fingerprint density at radius 2 is 1.85 bits per heavy atom. The quantitative estimate of drug-likeness (QED) is 0.342. The van der Waals surface area contributed by atoms with Crippen LogP contribution in [0.4, 0.5) is 4.39 Å². The fraction of sp³-hybridized carbons (Fsp3) is 0.350. The number of nitrogens with one attached hydrogen (secondary N) is 2. The van der Waals surface area contributed by atoms with Crippen molar-refractivity contribution in [1.29, 1.82) is 0 Å². The van der Waals surface area contributed by atoms with Crippen molar-refractivity contribution < 1.29 is 9.50 Å². The fourth-order valence-corrected chi connectivity index (χ4v) is 2.40. The van der Waals surface area contributed by atoms with Crippen LogP contribution in [0.3, 0.4) is 0 Å². The van der Waals surface area contributed by atoms with E-state index in [1.54, 1.807) is 19.9 Å². The Hall–Kier alpha value is -1.67. The fourth-order valence-electron chi connectivity index (χ4n) is 2.40. The molecule has 142 valence electrons. The van der Waals surface area contributed by atoms with Crippen LogP contribution in [0.1, 0.15) is 30.5 Å². The highest BCUT2D eigenvalue weighted by molar-refractivity contribution is 14.0. The maximum absolute atomic E-state index is 13.6. The molecule has 0 aliphatic carbocycles. The summed E-state index contributed by atoms with van der Waals surface area (Å²) in [6.45, 7) is 6.83. The van der Waals surface area contributed by atoms with Crippen LogP contribution in [0.5, 0.6) is 0 Å². The lowest BCUT2D eigenvalue weighted by atomic mass is 9.96. The molecule has 2 aromatic rings. The van der Waals surface area contributed by atoms with Gasteiger partial charge in [-0.2, -0.15) is 0 Å². The van der Waals surface area contributed by atoms with E-state index in [-0.39, 0.29) is 29.8 Å². The molecule has 2 rings (SSSR count). The summed E-state index contributed by atoms with van der Waals surface area (Å²) < 4.78 is 13.6. The number of hydrogen-bond donors (Lipinski definition) is 3. The number of halogens is 2. The molecular weight excluding hydrogens is 444 g/mol. The van der Waals surface area contributed by atoms with Gasteiger partial charge in [0.25, 0.3) is 0 Å². The first-order valence-corrected chi connectivity index (χ1v) is 8.47. The maximum atomic E-state index is 13.6. The van der Waals surface area contributed by atoms with E-state index in [1.807, 2.05) is 43.3 Å². The summed E-state index contributed by atoms with van der Waals surface area (Å²) in [5.41, 5.74) is 1.23. The van der Waals surface area contributed by atoms with E-state index in [9.17, 15) is 9.50 Å². The van der Waals surface area contributed by atoms with Crippen LogP contribution >= 0.6 is 24.0 Å². The van der Waals surface area contributed by atoms with Gasteiger partial charge in [-0.3, -0.25) is 0 Å². The number of guanidine groups is 1. The highest BCUT2D eigenvalue weighted by atomic mass is 127. The molecule has 0 radical (unpaired) electrons. The zero-order chi connectivity index (χ0) is 18.3. The Labute approximate surface area is 172 Å². The smallest absolute Gasteiger partial charge is 0.191 e. The van der Waals surface area contributed by atoms with Crippen molar-refractivity contribution in [3.8, 4) is 0 Å². The molecule has 0 amide bonds. The van der Waals surface area contributed by atoms with Crippen LogP contribution < -0.4 is 10.6 Å². The number of benzene rings is 2. The van der Waals surface area contributed by atoms with Crippen molar-refractivity contribution in [3.63, 3.8) is 0 Å². The van der Waals surface area contributed by atoms with Crippen LogP contribution in [-0.4, -0.2) is 24.2 Å². The number of hydrogen-bond acceptors (Lipinski definition) is 2. The summed E-state index contributed by atoms with van der Waals surface area (Å²) >= 11 is 0. The number of aliphatic hydroxyl groups is 1. The van der Waals surface area contributed by atoms with Gasteiger partial charge in [-0.25, -0.2) is 9.38 Å². The number of aryl methyl sites for hydroxylation is 1. The van der Waals surface area contributed by atoms with Gasteiger partial charge in [-0.1, -0.05) is 42.5 Å². The molecule has 6 heteroatoms. The third-order valence-corrected chi connectivity index (χ3v) is 4.00. The molecule has 1 atom stereocenters. The largest absolute Gasteiger partial charge is 0.384 e. The Morgan fingerprint density at radius 1 is 1.15 bits per heavy atom. The first-order chi connectivity index (χ1) is 11.9. The second-order valence-electron chi connectivity index (χ2n) is 6.27. The zero-order valence-corrected chi connectivity index (χ0v) is 17.8. The predicted octanol–water partition coefficient (Wildman–Crippen LogP) is 3.71. The summed E-state index contributed by atoms with van der Waals surface area (Å²) in [4.78, 5) is 4.47. The Morgan fingerprint density at radius 3 is 2.46 bits per heavy atom. The first-order valence-electron chi connectivity index (χ1n) is 8.47. The minimum atomic E-state index is -1.02. The first kappa shape index (κ1) is 22.4. The average molecular weight is 471 g/mol. The number of rotatable bonds is 6. The van der Waals surface area contributed by atoms with Gasteiger partial charge < -0.3 is 15.7 Å². The van der Waals surface area contributed by atoms with E-state index < -0.39 is 5.60 Å². The van der Waals surface area contributed by atoms with Crippen LogP contribution in [0.2, 0.25) is 0 Å². The zero-order valence-electron chi connectivity index (χ0n) is 15.4. The Balaban J connectivity index is 0.00000338. The third-order valence-electron chi connectivity index (χ3n) is 4.00. The van der Waals surface area contributed by atoms with Gasteiger partial charge in [0.05, 0.1) is 13.1 Å². The summed E-state index contributed by atoms with van der Waals surface area (Å²) in [7, 11) is 0. The summed E-state index contributed by atoms with van der Waals surface area (Å²) in [5.74, 6) is 0.359. The molecule has 4 nitrogen and oxygen atoms in total. The minimum absolute atomic E-state index is 0. The van der Waals surface area contributed by atoms with Crippen molar-refractivity contribution in [1.82, 2.24) is 10.6 Å². The maximum Gasteiger partial charge on any atom is 0.191 e. The predicted molar refractivity (Wildman–Crippen MR) is 115 cm³/mol. The SMILES string of the molecule is CCNC(=NCc1ccc(C)c(F)c1)NCC(C)(O)c1ccccc1.I. The van der Waals surface area contributed by atoms with Gasteiger partial charge in [0.2, 0.25) is 0 Å². The molecule has 0 spiro atoms. The van der Waals surface area contributed by atoms with E-state index in [2.05, 4.69) is 15.6 Å². The molecule has 0 aliphatic rings. The molecule has 0 aliphatic heterocycles. The van der Waals surface area contributed by atoms with Gasteiger partial charge >= 0.3 is 0 Å². The van der Waals surface area contributed by atoms with Gasteiger partial charge in [0.1, 0.15) is 11.4 Å². The van der Waals surface area contributed by atoms with Gasteiger partial charge in [-0.15, -0.1) is 24.0 Å². The molecule has 0 fully saturated rings. The second-order valence-corrected chi connectivity index (χ2v) is 6.27. The lowest BCUT2D eigenvalue weighted by Gasteiger charge is -2.25. The monoisotopic (exact) mass is 471 g/mol. The van der Waals surface area contributed by atoms with Crippen LogP contribution in [-0.2, 0) is 12.1 Å². The molecule has 0 aromatic heterocycles. The van der Waals surface area contributed by atoms with Gasteiger partial charge in [-0.05, 0) is 43.5 Å². The molecule has 0 saturated heterocycles. The molecule has 2 aromatic carbocycles. The van der Waals surface area contributed by atoms with E-state index in [0.29, 0.717) is 31.2 Å². The topological polar surface area (TPSA) is 56.7 Å². The van der Waals surface area contributed by atoms with Crippen molar-refractivity contribution in [2.75, 3.05) is 13.1 Å². The van der Waals surface area contributed by atoms with Crippen LogP contribution in [0, 0.1) is 12.7 Å². The van der Waals surface area contributed by atoms with Gasteiger partial charge in [0.15, 0.2) is 5.96 Å². The highest BCUT2D eigenvalue weighted by Gasteiger charge is 2.22. The molecule has 0 bridgehead atoms. The molecule has 0 heterocycles.